The number of rotatable bonds is 16. The average Bonchev–Trinajstić information content (AvgIpc) is 2.54. The molecular formula is C21H42NO4+. The molecule has 0 aliphatic heterocycles. The third-order valence-corrected chi connectivity index (χ3v) is 4.24. The molecule has 0 saturated heterocycles. The van der Waals surface area contributed by atoms with Gasteiger partial charge in [0.15, 0.2) is 6.10 Å². The molecular weight excluding hydrogens is 330 g/mol. The second kappa shape index (κ2) is 15.0. The number of carbonyl (C=O) groups is 2. The fourth-order valence-electron chi connectivity index (χ4n) is 2.87. The van der Waals surface area contributed by atoms with Crippen LogP contribution in [-0.4, -0.2) is 56.8 Å². The van der Waals surface area contributed by atoms with Crippen LogP contribution >= 0.6 is 0 Å². The van der Waals surface area contributed by atoms with Gasteiger partial charge < -0.3 is 14.0 Å². The van der Waals surface area contributed by atoms with E-state index in [4.69, 9.17) is 9.47 Å². The molecule has 1 atom stereocenters. The zero-order valence-electron chi connectivity index (χ0n) is 17.8. The van der Waals surface area contributed by atoms with Crippen LogP contribution in [0.5, 0.6) is 0 Å². The average molecular weight is 373 g/mol. The van der Waals surface area contributed by atoms with E-state index in [-0.39, 0.29) is 18.4 Å². The zero-order chi connectivity index (χ0) is 19.8. The number of carbonyl (C=O) groups excluding carboxylic acids is 2. The van der Waals surface area contributed by atoms with Crippen LogP contribution in [0.15, 0.2) is 0 Å². The molecule has 0 aromatic carbocycles. The van der Waals surface area contributed by atoms with Crippen molar-refractivity contribution in [3.05, 3.63) is 0 Å². The molecule has 0 fully saturated rings. The van der Waals surface area contributed by atoms with Crippen molar-refractivity contribution in [3.8, 4) is 0 Å². The summed E-state index contributed by atoms with van der Waals surface area (Å²) in [6.07, 6.45) is 11.2. The van der Waals surface area contributed by atoms with E-state index < -0.39 is 6.10 Å². The summed E-state index contributed by atoms with van der Waals surface area (Å²) >= 11 is 0. The lowest BCUT2D eigenvalue weighted by Gasteiger charge is -2.28. The van der Waals surface area contributed by atoms with Crippen LogP contribution in [0.1, 0.15) is 84.5 Å². The second-order valence-electron chi connectivity index (χ2n) is 8.19. The van der Waals surface area contributed by atoms with Crippen molar-refractivity contribution in [2.45, 2.75) is 90.6 Å². The summed E-state index contributed by atoms with van der Waals surface area (Å²) in [7, 11) is 6.04. The lowest BCUT2D eigenvalue weighted by atomic mass is 10.1. The molecule has 0 heterocycles. The molecule has 0 amide bonds. The Bertz CT molecular complexity index is 377. The maximum Gasteiger partial charge on any atom is 0.309 e. The molecule has 0 aromatic heterocycles. The molecule has 0 bridgehead atoms. The van der Waals surface area contributed by atoms with Gasteiger partial charge in [0.25, 0.3) is 0 Å². The topological polar surface area (TPSA) is 52.6 Å². The Morgan fingerprint density at radius 3 is 1.85 bits per heavy atom. The third kappa shape index (κ3) is 16.4. The summed E-state index contributed by atoms with van der Waals surface area (Å²) in [5, 5.41) is 0. The standard InChI is InChI=1S/C21H42NO4/c1-6-8-9-10-11-12-13-14-15-16-25-21(24)17-19(18-22(3,4)5)26-20(23)7-2/h19H,6-18H2,1-5H3/q+1/t19-/m0/s1. The van der Waals surface area contributed by atoms with Gasteiger partial charge in [-0.2, -0.15) is 0 Å². The fraction of sp³-hybridized carbons (Fsp3) is 0.905. The van der Waals surface area contributed by atoms with Crippen LogP contribution in [0.25, 0.3) is 0 Å². The Labute approximate surface area is 161 Å². The van der Waals surface area contributed by atoms with Crippen molar-refractivity contribution in [1.29, 1.82) is 0 Å². The second-order valence-corrected chi connectivity index (χ2v) is 8.19. The number of hydrogen-bond donors (Lipinski definition) is 0. The van der Waals surface area contributed by atoms with Crippen molar-refractivity contribution < 1.29 is 23.5 Å². The Morgan fingerprint density at radius 1 is 0.808 bits per heavy atom. The molecule has 5 nitrogen and oxygen atoms in total. The van der Waals surface area contributed by atoms with E-state index in [2.05, 4.69) is 6.92 Å². The first-order valence-corrected chi connectivity index (χ1v) is 10.4. The van der Waals surface area contributed by atoms with Gasteiger partial charge >= 0.3 is 11.9 Å². The molecule has 0 rings (SSSR count). The van der Waals surface area contributed by atoms with E-state index >= 15 is 0 Å². The van der Waals surface area contributed by atoms with Crippen molar-refractivity contribution >= 4 is 11.9 Å². The molecule has 0 aromatic rings. The molecule has 0 saturated carbocycles. The summed E-state index contributed by atoms with van der Waals surface area (Å²) in [5.74, 6) is -0.540. The maximum absolute atomic E-state index is 12.0. The molecule has 5 heteroatoms. The lowest BCUT2D eigenvalue weighted by molar-refractivity contribution is -0.873. The van der Waals surface area contributed by atoms with E-state index in [9.17, 15) is 9.59 Å². The number of esters is 2. The molecule has 0 unspecified atom stereocenters. The van der Waals surface area contributed by atoms with Crippen molar-refractivity contribution in [2.24, 2.45) is 0 Å². The monoisotopic (exact) mass is 372 g/mol. The van der Waals surface area contributed by atoms with Gasteiger partial charge in [-0.1, -0.05) is 65.2 Å². The fourth-order valence-corrected chi connectivity index (χ4v) is 2.87. The van der Waals surface area contributed by atoms with Gasteiger partial charge in [-0.3, -0.25) is 9.59 Å². The van der Waals surface area contributed by atoms with Gasteiger partial charge in [-0.05, 0) is 6.42 Å². The number of nitrogens with zero attached hydrogens (tertiary/aromatic N) is 1. The van der Waals surface area contributed by atoms with Gasteiger partial charge in [-0.15, -0.1) is 0 Å². The third-order valence-electron chi connectivity index (χ3n) is 4.24. The highest BCUT2D eigenvalue weighted by Gasteiger charge is 2.25. The van der Waals surface area contributed by atoms with Crippen LogP contribution < -0.4 is 0 Å². The molecule has 0 aliphatic rings. The van der Waals surface area contributed by atoms with Crippen molar-refractivity contribution in [1.82, 2.24) is 0 Å². The quantitative estimate of drug-likeness (QED) is 0.228. The summed E-state index contributed by atoms with van der Waals surface area (Å²) in [6.45, 7) is 5.05. The molecule has 0 N–H and O–H groups in total. The van der Waals surface area contributed by atoms with E-state index in [1.54, 1.807) is 6.92 Å². The first-order valence-electron chi connectivity index (χ1n) is 10.4. The Hall–Kier alpha value is -1.10. The number of likely N-dealkylation sites (N-methyl/N-ethyl adjacent to an activating group) is 1. The van der Waals surface area contributed by atoms with Crippen LogP contribution in [-0.2, 0) is 19.1 Å². The van der Waals surface area contributed by atoms with Crippen LogP contribution in [0.2, 0.25) is 0 Å². The first kappa shape index (κ1) is 24.9. The van der Waals surface area contributed by atoms with Crippen LogP contribution in [0.4, 0.5) is 0 Å². The normalized spacial score (nSPS) is 12.7. The molecule has 0 spiro atoms. The van der Waals surface area contributed by atoms with Crippen LogP contribution in [0.3, 0.4) is 0 Å². The number of unbranched alkanes of at least 4 members (excludes halogenated alkanes) is 8. The molecule has 26 heavy (non-hydrogen) atoms. The summed E-state index contributed by atoms with van der Waals surface area (Å²) < 4.78 is 11.3. The van der Waals surface area contributed by atoms with Gasteiger partial charge in [0.1, 0.15) is 6.54 Å². The smallest absolute Gasteiger partial charge is 0.309 e. The van der Waals surface area contributed by atoms with Crippen molar-refractivity contribution in [3.63, 3.8) is 0 Å². The minimum Gasteiger partial charge on any atom is -0.466 e. The maximum atomic E-state index is 12.0. The van der Waals surface area contributed by atoms with Gasteiger partial charge in [0.05, 0.1) is 34.2 Å². The minimum atomic E-state index is -0.418. The van der Waals surface area contributed by atoms with E-state index in [1.807, 2.05) is 21.1 Å². The molecule has 154 valence electrons. The first-order chi connectivity index (χ1) is 12.3. The highest BCUT2D eigenvalue weighted by molar-refractivity contribution is 5.72. The van der Waals surface area contributed by atoms with E-state index in [0.29, 0.717) is 24.1 Å². The highest BCUT2D eigenvalue weighted by Crippen LogP contribution is 2.11. The molecule has 0 radical (unpaired) electrons. The summed E-state index contributed by atoms with van der Waals surface area (Å²) in [4.78, 5) is 23.6. The number of quaternary nitrogens is 1. The van der Waals surface area contributed by atoms with Crippen molar-refractivity contribution in [2.75, 3.05) is 34.3 Å². The Morgan fingerprint density at radius 2 is 1.35 bits per heavy atom. The van der Waals surface area contributed by atoms with E-state index in [1.165, 1.54) is 44.9 Å². The highest BCUT2D eigenvalue weighted by atomic mass is 16.6. The predicted octanol–water partition coefficient (Wildman–Crippen LogP) is 4.48. The Kier molecular flexibility index (Phi) is 14.4. The largest absolute Gasteiger partial charge is 0.466 e. The summed E-state index contributed by atoms with van der Waals surface area (Å²) in [6, 6.07) is 0. The minimum absolute atomic E-state index is 0.138. The summed E-state index contributed by atoms with van der Waals surface area (Å²) in [5.41, 5.74) is 0. The SMILES string of the molecule is CCCCCCCCCCCOC(=O)C[C@@H](C[N+](C)(C)C)OC(=O)CC. The number of ether oxygens (including phenoxy) is 2. The number of hydrogen-bond acceptors (Lipinski definition) is 4. The Balaban J connectivity index is 3.86. The molecule has 0 aliphatic carbocycles. The van der Waals surface area contributed by atoms with E-state index in [0.717, 1.165) is 12.8 Å². The predicted molar refractivity (Wildman–Crippen MR) is 106 cm³/mol. The van der Waals surface area contributed by atoms with Gasteiger partial charge in [0, 0.05) is 6.42 Å². The van der Waals surface area contributed by atoms with Crippen LogP contribution in [0, 0.1) is 0 Å². The lowest BCUT2D eigenvalue weighted by Crippen LogP contribution is -2.44. The van der Waals surface area contributed by atoms with Gasteiger partial charge in [0.2, 0.25) is 0 Å². The zero-order valence-corrected chi connectivity index (χ0v) is 17.8. The van der Waals surface area contributed by atoms with Gasteiger partial charge in [-0.25, -0.2) is 0 Å².